The number of fused-ring (bicyclic) bond motifs is 1. The highest BCUT2D eigenvalue weighted by molar-refractivity contribution is 7.95. The number of carbonyl (C=O) groups excluding carboxylic acids is 1. The van der Waals surface area contributed by atoms with E-state index in [9.17, 15) is 4.79 Å². The predicted octanol–water partition coefficient (Wildman–Crippen LogP) is 5.39. The van der Waals surface area contributed by atoms with Crippen LogP contribution < -0.4 is 47.3 Å². The lowest BCUT2D eigenvalue weighted by atomic mass is 9.93. The minimum Gasteiger partial charge on any atom is -1.00 e. The molecule has 0 unspecified atom stereocenters. The molecular formula is C43H43ClNO6P. The number of rotatable bonds is 14. The highest BCUT2D eigenvalue weighted by Gasteiger charge is 2.47. The second-order valence-corrected chi connectivity index (χ2v) is 15.2. The zero-order chi connectivity index (χ0) is 35.8. The van der Waals surface area contributed by atoms with E-state index in [2.05, 4.69) is 72.8 Å². The second-order valence-electron chi connectivity index (χ2n) is 11.8. The Labute approximate surface area is 312 Å². The third kappa shape index (κ3) is 7.43. The van der Waals surface area contributed by atoms with Crippen molar-refractivity contribution in [2.75, 3.05) is 34.0 Å². The fourth-order valence-electron chi connectivity index (χ4n) is 6.68. The van der Waals surface area contributed by atoms with Gasteiger partial charge in [0.15, 0.2) is 23.0 Å². The second kappa shape index (κ2) is 17.4. The van der Waals surface area contributed by atoms with Gasteiger partial charge < -0.3 is 36.1 Å². The van der Waals surface area contributed by atoms with Crippen LogP contribution >= 0.6 is 7.26 Å². The van der Waals surface area contributed by atoms with E-state index in [-0.39, 0.29) is 19.0 Å². The van der Waals surface area contributed by atoms with Crippen LogP contribution in [0.5, 0.6) is 23.0 Å². The Hall–Kier alpha value is -5.10. The molecule has 52 heavy (non-hydrogen) atoms. The van der Waals surface area contributed by atoms with E-state index >= 15 is 0 Å². The molecule has 0 amide bonds. The fraction of sp³-hybridized carbons (Fsp3) is 0.209. The topological polar surface area (TPSA) is 76.1 Å². The maximum absolute atomic E-state index is 14.5. The van der Waals surface area contributed by atoms with Gasteiger partial charge in [-0.15, -0.1) is 0 Å². The summed E-state index contributed by atoms with van der Waals surface area (Å²) in [4.78, 5) is 19.9. The molecule has 6 rings (SSSR count). The number of hydrogen-bond donors (Lipinski definition) is 0. The zero-order valence-corrected chi connectivity index (χ0v) is 31.7. The van der Waals surface area contributed by atoms with Gasteiger partial charge in [0.25, 0.3) is 0 Å². The molecule has 1 heterocycles. The summed E-state index contributed by atoms with van der Waals surface area (Å²) >= 11 is 0. The van der Waals surface area contributed by atoms with E-state index in [4.69, 9.17) is 28.7 Å². The van der Waals surface area contributed by atoms with Crippen molar-refractivity contribution in [1.29, 1.82) is 0 Å². The van der Waals surface area contributed by atoms with Crippen LogP contribution in [-0.4, -0.2) is 45.0 Å². The van der Waals surface area contributed by atoms with Gasteiger partial charge in [-0.1, -0.05) is 60.7 Å². The molecule has 9 heteroatoms. The van der Waals surface area contributed by atoms with Crippen molar-refractivity contribution in [2.24, 2.45) is 0 Å². The fourth-order valence-corrected chi connectivity index (χ4v) is 10.8. The minimum absolute atomic E-state index is 0. The number of esters is 1. The number of carbonyl (C=O) groups is 1. The quantitative estimate of drug-likeness (QED) is 0.110. The van der Waals surface area contributed by atoms with Crippen LogP contribution in [0.25, 0.3) is 22.0 Å². The monoisotopic (exact) mass is 735 g/mol. The lowest BCUT2D eigenvalue weighted by Crippen LogP contribution is -3.00. The van der Waals surface area contributed by atoms with Crippen LogP contribution in [0.1, 0.15) is 36.8 Å². The number of pyridine rings is 1. The first-order valence-electron chi connectivity index (χ1n) is 17.2. The highest BCUT2D eigenvalue weighted by atomic mass is 35.5. The van der Waals surface area contributed by atoms with Gasteiger partial charge in [0.2, 0.25) is 0 Å². The standard InChI is InChI=1S/C43H43NO6P.ClH/c1-6-48-39-27-34-35(28-40(39)49-7-2)44-36(42(43(45)50-8-3)41(34)30-24-25-37(46-4)38(26-30)47-5)29-51(31-18-12-9-13-19-31,32-20-14-10-15-21-32)33-22-16-11-17-23-33;/h9-28H,6-8,29H2,1-5H3;1H/q+1;/p-1. The molecule has 0 atom stereocenters. The smallest absolute Gasteiger partial charge is 0.340 e. The number of ether oxygens (including phenoxy) is 5. The van der Waals surface area contributed by atoms with Crippen molar-refractivity contribution in [3.8, 4) is 34.1 Å². The molecule has 0 aliphatic rings. The Morgan fingerprint density at radius 2 is 1.13 bits per heavy atom. The van der Waals surface area contributed by atoms with Gasteiger partial charge in [-0.05, 0) is 80.9 Å². The molecule has 0 fully saturated rings. The van der Waals surface area contributed by atoms with Gasteiger partial charge in [0.05, 0.1) is 50.8 Å². The number of methoxy groups -OCH3 is 2. The van der Waals surface area contributed by atoms with Crippen LogP contribution in [-0.2, 0) is 10.9 Å². The number of benzene rings is 5. The molecule has 268 valence electrons. The van der Waals surface area contributed by atoms with Gasteiger partial charge in [-0.3, -0.25) is 0 Å². The SMILES string of the molecule is CCOC(=O)c1c(C[P+](c2ccccc2)(c2ccccc2)c2ccccc2)nc2cc(OCC)c(OCC)cc2c1-c1ccc(OC)c(OC)c1.[Cl-]. The van der Waals surface area contributed by atoms with Crippen LogP contribution in [0.4, 0.5) is 0 Å². The summed E-state index contributed by atoms with van der Waals surface area (Å²) in [5, 5.41) is 4.25. The molecule has 0 aliphatic heterocycles. The zero-order valence-electron chi connectivity index (χ0n) is 30.1. The van der Waals surface area contributed by atoms with E-state index in [0.717, 1.165) is 10.9 Å². The molecule has 0 aliphatic carbocycles. The summed E-state index contributed by atoms with van der Waals surface area (Å²) in [7, 11) is 0.710. The predicted molar refractivity (Wildman–Crippen MR) is 207 cm³/mol. The van der Waals surface area contributed by atoms with Crippen molar-refractivity contribution in [2.45, 2.75) is 26.9 Å². The Morgan fingerprint density at radius 3 is 1.62 bits per heavy atom. The Bertz CT molecular complexity index is 2020. The number of hydrogen-bond acceptors (Lipinski definition) is 7. The van der Waals surface area contributed by atoms with Crippen molar-refractivity contribution in [3.05, 3.63) is 133 Å². The van der Waals surface area contributed by atoms with Crippen LogP contribution in [0.15, 0.2) is 121 Å². The van der Waals surface area contributed by atoms with Gasteiger partial charge in [0.1, 0.15) is 29.3 Å². The molecule has 0 spiro atoms. The molecule has 6 aromatic rings. The highest BCUT2D eigenvalue weighted by Crippen LogP contribution is 2.59. The summed E-state index contributed by atoms with van der Waals surface area (Å²) in [5.74, 6) is 1.81. The molecule has 0 saturated heterocycles. The van der Waals surface area contributed by atoms with Gasteiger partial charge in [-0.2, -0.15) is 0 Å². The van der Waals surface area contributed by atoms with Gasteiger partial charge in [-0.25, -0.2) is 9.78 Å². The summed E-state index contributed by atoms with van der Waals surface area (Å²) < 4.78 is 29.4. The molecule has 5 aromatic carbocycles. The third-order valence-electron chi connectivity index (χ3n) is 8.85. The van der Waals surface area contributed by atoms with Gasteiger partial charge >= 0.3 is 5.97 Å². The van der Waals surface area contributed by atoms with Crippen LogP contribution in [0, 0.1) is 0 Å². The third-order valence-corrected chi connectivity index (χ3v) is 13.2. The average Bonchev–Trinajstić information content (AvgIpc) is 3.17. The Kier molecular flexibility index (Phi) is 12.8. The molecule has 0 radical (unpaired) electrons. The van der Waals surface area contributed by atoms with Crippen molar-refractivity contribution >= 4 is 40.0 Å². The normalized spacial score (nSPS) is 11.0. The number of halogens is 1. The summed E-state index contributed by atoms with van der Waals surface area (Å²) in [6.45, 7) is 6.78. The van der Waals surface area contributed by atoms with E-state index in [0.29, 0.717) is 64.7 Å². The summed E-state index contributed by atoms with van der Waals surface area (Å²) in [6, 6.07) is 41.2. The molecule has 0 N–H and O–H groups in total. The number of aromatic nitrogens is 1. The molecule has 0 bridgehead atoms. The van der Waals surface area contributed by atoms with Gasteiger partial charge in [0, 0.05) is 17.0 Å². The molecule has 0 saturated carbocycles. The largest absolute Gasteiger partial charge is 1.00 e. The first kappa shape index (κ1) is 38.1. The van der Waals surface area contributed by atoms with Crippen LogP contribution in [0.2, 0.25) is 0 Å². The Balaban J connectivity index is 0.00000523. The van der Waals surface area contributed by atoms with Crippen molar-refractivity contribution in [3.63, 3.8) is 0 Å². The minimum atomic E-state index is -2.49. The Morgan fingerprint density at radius 1 is 0.615 bits per heavy atom. The maximum Gasteiger partial charge on any atom is 0.340 e. The summed E-state index contributed by atoms with van der Waals surface area (Å²) in [5.41, 5.74) is 3.12. The van der Waals surface area contributed by atoms with Crippen molar-refractivity contribution < 1.29 is 40.9 Å². The first-order chi connectivity index (χ1) is 25.0. The lowest BCUT2D eigenvalue weighted by molar-refractivity contribution is -0.0000298. The summed E-state index contributed by atoms with van der Waals surface area (Å²) in [6.07, 6.45) is 0.451. The molecule has 1 aromatic heterocycles. The van der Waals surface area contributed by atoms with E-state index in [1.54, 1.807) is 14.2 Å². The molecule has 7 nitrogen and oxygen atoms in total. The molecular weight excluding hydrogens is 693 g/mol. The first-order valence-corrected chi connectivity index (χ1v) is 19.2. The number of nitrogens with zero attached hydrogens (tertiary/aromatic N) is 1. The average molecular weight is 736 g/mol. The van der Waals surface area contributed by atoms with Crippen molar-refractivity contribution in [1.82, 2.24) is 4.98 Å². The van der Waals surface area contributed by atoms with Crippen LogP contribution in [0.3, 0.4) is 0 Å². The van der Waals surface area contributed by atoms with E-state index < -0.39 is 13.2 Å². The maximum atomic E-state index is 14.5. The lowest BCUT2D eigenvalue weighted by Gasteiger charge is -2.29. The van der Waals surface area contributed by atoms with E-state index in [1.165, 1.54) is 15.9 Å². The van der Waals surface area contributed by atoms with E-state index in [1.807, 2.05) is 69.3 Å².